The number of aromatic nitrogens is 4. The monoisotopic (exact) mass is 492 g/mol. The number of carbonyl (C=O) groups excluding carboxylic acids is 1. The highest BCUT2D eigenvalue weighted by molar-refractivity contribution is 6.33. The molecular formula is C27H33ClN6O. The molecule has 1 amide bonds. The Morgan fingerprint density at radius 1 is 1.03 bits per heavy atom. The average molecular weight is 493 g/mol. The Labute approximate surface area is 212 Å². The molecule has 2 aliphatic rings. The van der Waals surface area contributed by atoms with Crippen LogP contribution in [-0.2, 0) is 17.3 Å². The van der Waals surface area contributed by atoms with Crippen molar-refractivity contribution in [1.29, 1.82) is 0 Å². The summed E-state index contributed by atoms with van der Waals surface area (Å²) >= 11 is 6.48. The SMILES string of the molecule is CC(=O)N1CCC(c2ccccc2)(c2nnc(C3CCN(c4c(C)cncc4Cl)CC3)n2C)CC1. The Morgan fingerprint density at radius 3 is 2.34 bits per heavy atom. The number of carbonyl (C=O) groups is 1. The number of likely N-dealkylation sites (tertiary alicyclic amines) is 1. The van der Waals surface area contributed by atoms with Crippen LogP contribution in [0.4, 0.5) is 5.69 Å². The highest BCUT2D eigenvalue weighted by Crippen LogP contribution is 2.42. The van der Waals surface area contributed by atoms with Gasteiger partial charge in [0.1, 0.15) is 11.6 Å². The topological polar surface area (TPSA) is 67.2 Å². The molecule has 0 bridgehead atoms. The maximum atomic E-state index is 12.0. The predicted molar refractivity (Wildman–Crippen MR) is 138 cm³/mol. The largest absolute Gasteiger partial charge is 0.370 e. The van der Waals surface area contributed by atoms with E-state index in [9.17, 15) is 4.79 Å². The molecule has 0 aliphatic carbocycles. The number of piperidine rings is 2. The van der Waals surface area contributed by atoms with Crippen molar-refractivity contribution in [3.8, 4) is 0 Å². The van der Waals surface area contributed by atoms with E-state index in [-0.39, 0.29) is 11.3 Å². The number of rotatable bonds is 4. The van der Waals surface area contributed by atoms with Crippen LogP contribution in [0.2, 0.25) is 5.02 Å². The number of amides is 1. The van der Waals surface area contributed by atoms with Crippen molar-refractivity contribution >= 4 is 23.2 Å². The predicted octanol–water partition coefficient (Wildman–Crippen LogP) is 4.48. The quantitative estimate of drug-likeness (QED) is 0.537. The molecule has 2 aliphatic heterocycles. The molecule has 0 spiro atoms. The molecule has 3 aromatic rings. The molecule has 5 rings (SSSR count). The normalized spacial score (nSPS) is 18.6. The third kappa shape index (κ3) is 4.31. The summed E-state index contributed by atoms with van der Waals surface area (Å²) in [6.45, 7) is 7.04. The summed E-state index contributed by atoms with van der Waals surface area (Å²) in [6.07, 6.45) is 7.30. The van der Waals surface area contributed by atoms with Crippen LogP contribution in [-0.4, -0.2) is 56.7 Å². The van der Waals surface area contributed by atoms with Gasteiger partial charge in [0.2, 0.25) is 5.91 Å². The fourth-order valence-electron chi connectivity index (χ4n) is 6.00. The first-order valence-corrected chi connectivity index (χ1v) is 12.8. The van der Waals surface area contributed by atoms with Crippen LogP contribution >= 0.6 is 11.6 Å². The van der Waals surface area contributed by atoms with E-state index in [0.717, 1.165) is 74.8 Å². The van der Waals surface area contributed by atoms with Crippen LogP contribution in [0.15, 0.2) is 42.7 Å². The molecule has 0 radical (unpaired) electrons. The second-order valence-electron chi connectivity index (χ2n) is 9.94. The molecule has 0 N–H and O–H groups in total. The lowest BCUT2D eigenvalue weighted by Gasteiger charge is -2.41. The molecule has 8 heteroatoms. The zero-order chi connectivity index (χ0) is 24.6. The second-order valence-corrected chi connectivity index (χ2v) is 10.4. The number of hydrogen-bond donors (Lipinski definition) is 0. The van der Waals surface area contributed by atoms with Gasteiger partial charge in [-0.1, -0.05) is 41.9 Å². The second kappa shape index (κ2) is 9.61. The molecule has 1 aromatic carbocycles. The first kappa shape index (κ1) is 23.8. The third-order valence-electron chi connectivity index (χ3n) is 7.96. The number of aryl methyl sites for hydroxylation is 1. The van der Waals surface area contributed by atoms with Crippen LogP contribution in [0, 0.1) is 6.92 Å². The first-order valence-electron chi connectivity index (χ1n) is 12.5. The minimum absolute atomic E-state index is 0.140. The van der Waals surface area contributed by atoms with E-state index in [1.165, 1.54) is 5.56 Å². The number of halogens is 1. The fourth-order valence-corrected chi connectivity index (χ4v) is 6.33. The highest BCUT2D eigenvalue weighted by atomic mass is 35.5. The molecule has 35 heavy (non-hydrogen) atoms. The van der Waals surface area contributed by atoms with Gasteiger partial charge in [-0.15, -0.1) is 10.2 Å². The summed E-state index contributed by atoms with van der Waals surface area (Å²) in [5.74, 6) is 2.56. The molecule has 0 unspecified atom stereocenters. The van der Waals surface area contributed by atoms with Gasteiger partial charge in [0.25, 0.3) is 0 Å². The van der Waals surface area contributed by atoms with Crippen LogP contribution in [0.1, 0.15) is 61.3 Å². The van der Waals surface area contributed by atoms with Crippen LogP contribution in [0.3, 0.4) is 0 Å². The van der Waals surface area contributed by atoms with E-state index in [1.54, 1.807) is 13.1 Å². The summed E-state index contributed by atoms with van der Waals surface area (Å²) in [4.78, 5) is 20.5. The number of anilines is 1. The Morgan fingerprint density at radius 2 is 1.71 bits per heavy atom. The highest BCUT2D eigenvalue weighted by Gasteiger charge is 2.43. The van der Waals surface area contributed by atoms with Crippen molar-refractivity contribution in [3.05, 3.63) is 70.5 Å². The van der Waals surface area contributed by atoms with Crippen molar-refractivity contribution in [1.82, 2.24) is 24.6 Å². The molecule has 0 saturated carbocycles. The molecule has 184 valence electrons. The lowest BCUT2D eigenvalue weighted by molar-refractivity contribution is -0.130. The van der Waals surface area contributed by atoms with Crippen molar-refractivity contribution in [2.75, 3.05) is 31.1 Å². The van der Waals surface area contributed by atoms with E-state index in [1.807, 2.05) is 11.1 Å². The molecule has 2 fully saturated rings. The standard InChI is InChI=1S/C27H33ClN6O/c1-19-17-29-18-23(28)24(19)34-13-9-21(10-14-34)25-30-31-26(32(25)3)27(22-7-5-4-6-8-22)11-15-33(16-12-27)20(2)35/h4-8,17-18,21H,9-16H2,1-3H3. The van der Waals surface area contributed by atoms with Crippen molar-refractivity contribution in [2.45, 2.75) is 50.9 Å². The zero-order valence-corrected chi connectivity index (χ0v) is 21.5. The summed E-state index contributed by atoms with van der Waals surface area (Å²) in [6, 6.07) is 10.6. The summed E-state index contributed by atoms with van der Waals surface area (Å²) in [7, 11) is 2.11. The van der Waals surface area contributed by atoms with Gasteiger partial charge in [-0.05, 0) is 43.7 Å². The van der Waals surface area contributed by atoms with Crippen LogP contribution in [0.25, 0.3) is 0 Å². The molecule has 2 saturated heterocycles. The van der Waals surface area contributed by atoms with Gasteiger partial charge in [0.15, 0.2) is 0 Å². The Kier molecular flexibility index (Phi) is 6.53. The van der Waals surface area contributed by atoms with Crippen LogP contribution in [0.5, 0.6) is 0 Å². The smallest absolute Gasteiger partial charge is 0.219 e. The Bertz CT molecular complexity index is 1170. The van der Waals surface area contributed by atoms with Crippen molar-refractivity contribution < 1.29 is 4.79 Å². The molecule has 2 aromatic heterocycles. The average Bonchev–Trinajstić information content (AvgIpc) is 3.26. The summed E-state index contributed by atoms with van der Waals surface area (Å²) in [5.41, 5.74) is 3.22. The van der Waals surface area contributed by atoms with Gasteiger partial charge in [0.05, 0.1) is 16.1 Å². The van der Waals surface area contributed by atoms with E-state index in [2.05, 4.69) is 58.8 Å². The number of pyridine rings is 1. The Hall–Kier alpha value is -2.93. The van der Waals surface area contributed by atoms with Crippen molar-refractivity contribution in [3.63, 3.8) is 0 Å². The van der Waals surface area contributed by atoms with E-state index < -0.39 is 0 Å². The third-order valence-corrected chi connectivity index (χ3v) is 8.23. The molecule has 7 nitrogen and oxygen atoms in total. The molecular weight excluding hydrogens is 460 g/mol. The van der Waals surface area contributed by atoms with E-state index >= 15 is 0 Å². The summed E-state index contributed by atoms with van der Waals surface area (Å²) in [5, 5.41) is 10.3. The van der Waals surface area contributed by atoms with E-state index in [0.29, 0.717) is 10.9 Å². The minimum atomic E-state index is -0.240. The maximum absolute atomic E-state index is 12.0. The number of benzene rings is 1. The number of hydrogen-bond acceptors (Lipinski definition) is 5. The lowest BCUT2D eigenvalue weighted by atomic mass is 9.72. The lowest BCUT2D eigenvalue weighted by Crippen LogP contribution is -2.46. The Balaban J connectivity index is 1.40. The maximum Gasteiger partial charge on any atom is 0.219 e. The van der Waals surface area contributed by atoms with E-state index in [4.69, 9.17) is 21.8 Å². The van der Waals surface area contributed by atoms with Gasteiger partial charge in [0, 0.05) is 58.5 Å². The van der Waals surface area contributed by atoms with Gasteiger partial charge < -0.3 is 14.4 Å². The minimum Gasteiger partial charge on any atom is -0.370 e. The fraction of sp³-hybridized carbons (Fsp3) is 0.481. The van der Waals surface area contributed by atoms with Gasteiger partial charge in [-0.25, -0.2) is 0 Å². The molecule has 0 atom stereocenters. The zero-order valence-electron chi connectivity index (χ0n) is 20.7. The van der Waals surface area contributed by atoms with Gasteiger partial charge in [-0.2, -0.15) is 0 Å². The van der Waals surface area contributed by atoms with Gasteiger partial charge in [-0.3, -0.25) is 9.78 Å². The summed E-state index contributed by atoms with van der Waals surface area (Å²) < 4.78 is 2.24. The van der Waals surface area contributed by atoms with Crippen molar-refractivity contribution in [2.24, 2.45) is 7.05 Å². The van der Waals surface area contributed by atoms with Crippen LogP contribution < -0.4 is 4.90 Å². The number of nitrogens with zero attached hydrogens (tertiary/aromatic N) is 6. The molecule has 4 heterocycles. The van der Waals surface area contributed by atoms with Gasteiger partial charge >= 0.3 is 0 Å². The first-order chi connectivity index (χ1) is 16.9.